The van der Waals surface area contributed by atoms with Gasteiger partial charge in [0.1, 0.15) is 11.5 Å². The number of halogens is 1. The van der Waals surface area contributed by atoms with E-state index >= 15 is 0 Å². The van der Waals surface area contributed by atoms with E-state index in [1.165, 1.54) is 115 Å². The summed E-state index contributed by atoms with van der Waals surface area (Å²) < 4.78 is 37.5. The Morgan fingerprint density at radius 3 is 1.27 bits per heavy atom. The number of nitrogens with zero attached hydrogens (tertiary/aromatic N) is 1. The molecule has 0 bridgehead atoms. The first-order valence-electron chi connectivity index (χ1n) is 25.7. The third-order valence-corrected chi connectivity index (χ3v) is 12.1. The van der Waals surface area contributed by atoms with E-state index in [0.29, 0.717) is 35.5 Å². The van der Waals surface area contributed by atoms with E-state index in [2.05, 4.69) is 13.8 Å². The molecule has 0 unspecified atom stereocenters. The highest BCUT2D eigenvalue weighted by atomic mass is 19.1. The molecule has 0 saturated heterocycles. The van der Waals surface area contributed by atoms with Crippen LogP contribution in [0.25, 0.3) is 24.3 Å². The fourth-order valence-electron chi connectivity index (χ4n) is 7.96. The number of nitro benzene ring substituents is 1. The Morgan fingerprint density at radius 2 is 0.843 bits per heavy atom. The van der Waals surface area contributed by atoms with Gasteiger partial charge >= 0.3 is 17.6 Å². The number of carbonyl (C=O) groups excluding carboxylic acids is 2. The average molecular weight is 954 g/mol. The van der Waals surface area contributed by atoms with Crippen LogP contribution in [0.15, 0.2) is 109 Å². The first-order chi connectivity index (χ1) is 34.2. The molecule has 0 heterocycles. The SMILES string of the molecule is CCCCCCCCCCCCOc1ccc(/C=C/c2ccc(C(=O)Oc3cccc(OC(=O)c4ccc(/C=C/c5ccc(OCCCCCCCCCCCC)c([N+](=O)[O-])c5)cc4)c3)cc2)cc1F. The lowest BCUT2D eigenvalue weighted by Gasteiger charge is -2.08. The normalized spacial score (nSPS) is 11.3. The van der Waals surface area contributed by atoms with Crippen LogP contribution >= 0.6 is 0 Å². The van der Waals surface area contributed by atoms with Crippen LogP contribution in [0.4, 0.5) is 10.1 Å². The fourth-order valence-corrected chi connectivity index (χ4v) is 7.96. The summed E-state index contributed by atoms with van der Waals surface area (Å²) in [6, 6.07) is 29.7. The molecule has 0 radical (unpaired) electrons. The van der Waals surface area contributed by atoms with E-state index in [9.17, 15) is 24.1 Å². The molecule has 0 N–H and O–H groups in total. The summed E-state index contributed by atoms with van der Waals surface area (Å²) in [5, 5.41) is 11.9. The Kier molecular flexibility index (Phi) is 24.5. The van der Waals surface area contributed by atoms with E-state index in [1.54, 1.807) is 103 Å². The van der Waals surface area contributed by atoms with Gasteiger partial charge in [-0.2, -0.15) is 0 Å². The molecule has 0 aromatic heterocycles. The number of ether oxygens (including phenoxy) is 4. The molecule has 0 atom stereocenters. The van der Waals surface area contributed by atoms with E-state index in [1.807, 2.05) is 12.1 Å². The highest BCUT2D eigenvalue weighted by molar-refractivity contribution is 5.92. The molecule has 372 valence electrons. The quantitative estimate of drug-likeness (QED) is 0.0102. The topological polar surface area (TPSA) is 114 Å². The van der Waals surface area contributed by atoms with Crippen molar-refractivity contribution in [2.75, 3.05) is 13.2 Å². The molecular formula is C60H72FNO8. The van der Waals surface area contributed by atoms with Gasteiger partial charge in [-0.1, -0.05) is 196 Å². The molecule has 5 aromatic rings. The van der Waals surface area contributed by atoms with Gasteiger partial charge in [0.2, 0.25) is 0 Å². The molecule has 0 saturated carbocycles. The van der Waals surface area contributed by atoms with Crippen LogP contribution in [-0.4, -0.2) is 30.1 Å². The van der Waals surface area contributed by atoms with Crippen LogP contribution in [0.3, 0.4) is 0 Å². The maximum absolute atomic E-state index is 14.8. The third-order valence-electron chi connectivity index (χ3n) is 12.1. The molecule has 70 heavy (non-hydrogen) atoms. The van der Waals surface area contributed by atoms with Crippen molar-refractivity contribution in [2.45, 2.75) is 142 Å². The summed E-state index contributed by atoms with van der Waals surface area (Å²) in [6.45, 7) is 5.40. The number of carbonyl (C=O) groups is 2. The molecule has 0 aliphatic carbocycles. The number of hydrogen-bond acceptors (Lipinski definition) is 8. The minimum Gasteiger partial charge on any atom is -0.491 e. The Labute approximate surface area is 415 Å². The van der Waals surface area contributed by atoms with Crippen LogP contribution in [0, 0.1) is 15.9 Å². The minimum absolute atomic E-state index is 0.0810. The van der Waals surface area contributed by atoms with E-state index in [0.717, 1.165) is 43.2 Å². The van der Waals surface area contributed by atoms with Crippen molar-refractivity contribution < 1.29 is 37.9 Å². The van der Waals surface area contributed by atoms with E-state index in [-0.39, 0.29) is 28.7 Å². The predicted molar refractivity (Wildman–Crippen MR) is 281 cm³/mol. The predicted octanol–water partition coefficient (Wildman–Crippen LogP) is 17.1. The van der Waals surface area contributed by atoms with Gasteiger partial charge in [0, 0.05) is 12.1 Å². The van der Waals surface area contributed by atoms with Crippen molar-refractivity contribution >= 4 is 41.9 Å². The zero-order valence-corrected chi connectivity index (χ0v) is 41.3. The van der Waals surface area contributed by atoms with Gasteiger partial charge in [0.15, 0.2) is 17.3 Å². The smallest absolute Gasteiger partial charge is 0.343 e. The Bertz CT molecular complexity index is 2410. The van der Waals surface area contributed by atoms with Crippen molar-refractivity contribution in [2.24, 2.45) is 0 Å². The summed E-state index contributed by atoms with van der Waals surface area (Å²) in [4.78, 5) is 37.5. The average Bonchev–Trinajstić information content (AvgIpc) is 3.37. The number of hydrogen-bond donors (Lipinski definition) is 0. The van der Waals surface area contributed by atoms with Gasteiger partial charge in [-0.15, -0.1) is 0 Å². The molecule has 0 aliphatic rings. The van der Waals surface area contributed by atoms with Gasteiger partial charge in [0.05, 0.1) is 29.3 Å². The largest absolute Gasteiger partial charge is 0.491 e. The van der Waals surface area contributed by atoms with Crippen molar-refractivity contribution in [3.63, 3.8) is 0 Å². The van der Waals surface area contributed by atoms with Gasteiger partial charge in [0.25, 0.3) is 0 Å². The molecule has 0 amide bonds. The minimum atomic E-state index is -0.599. The van der Waals surface area contributed by atoms with Crippen molar-refractivity contribution in [3.8, 4) is 23.0 Å². The maximum Gasteiger partial charge on any atom is 0.343 e. The molecule has 9 nitrogen and oxygen atoms in total. The number of esters is 2. The molecule has 5 aromatic carbocycles. The van der Waals surface area contributed by atoms with Crippen molar-refractivity contribution in [1.82, 2.24) is 0 Å². The maximum atomic E-state index is 14.8. The molecular weight excluding hydrogens is 882 g/mol. The fraction of sp³-hybridized carbons (Fsp3) is 0.400. The molecule has 0 fully saturated rings. The Hall–Kier alpha value is -6.55. The summed E-state index contributed by atoms with van der Waals surface area (Å²) in [5.41, 5.74) is 3.46. The molecule has 5 rings (SSSR count). The van der Waals surface area contributed by atoms with E-state index in [4.69, 9.17) is 18.9 Å². The number of rotatable bonds is 33. The Morgan fingerprint density at radius 1 is 0.471 bits per heavy atom. The first kappa shape index (κ1) is 54.4. The number of benzene rings is 5. The highest BCUT2D eigenvalue weighted by Crippen LogP contribution is 2.30. The third kappa shape index (κ3) is 20.2. The second kappa shape index (κ2) is 31.6. The van der Waals surface area contributed by atoms with Crippen LogP contribution in [0.1, 0.15) is 185 Å². The van der Waals surface area contributed by atoms with Crippen LogP contribution in [-0.2, 0) is 0 Å². The highest BCUT2D eigenvalue weighted by Gasteiger charge is 2.16. The zero-order chi connectivity index (χ0) is 49.6. The summed E-state index contributed by atoms with van der Waals surface area (Å²) in [7, 11) is 0. The first-order valence-corrected chi connectivity index (χ1v) is 25.7. The Balaban J connectivity index is 1.02. The second-order valence-corrected chi connectivity index (χ2v) is 17.9. The van der Waals surface area contributed by atoms with E-state index < -0.39 is 22.7 Å². The van der Waals surface area contributed by atoms with Gasteiger partial charge in [-0.25, -0.2) is 14.0 Å². The standard InChI is InChI=1S/C60H72FNO8/c1-3-5-7-9-11-13-15-17-19-21-42-67-57-40-34-49(44-55(57)61)28-26-47-30-36-51(37-31-47)59(63)69-53-24-23-25-54(46-53)70-60(64)52-38-32-48(33-39-52)27-29-50-35-41-58(56(45-50)62(65)66)68-43-22-20-18-16-14-12-10-8-6-4-2/h23-41,44-46H,3-22,42-43H2,1-2H3/b28-26+,29-27+. The van der Waals surface area contributed by atoms with Crippen LogP contribution < -0.4 is 18.9 Å². The monoisotopic (exact) mass is 954 g/mol. The van der Waals surface area contributed by atoms with Crippen LogP contribution in [0.5, 0.6) is 23.0 Å². The summed E-state index contributed by atoms with van der Waals surface area (Å²) >= 11 is 0. The second-order valence-electron chi connectivity index (χ2n) is 17.9. The molecule has 10 heteroatoms. The van der Waals surface area contributed by atoms with Gasteiger partial charge in [-0.3, -0.25) is 10.1 Å². The lowest BCUT2D eigenvalue weighted by molar-refractivity contribution is -0.385. The molecule has 0 spiro atoms. The summed E-state index contributed by atoms with van der Waals surface area (Å²) in [5.74, 6) is -0.671. The number of nitro groups is 1. The van der Waals surface area contributed by atoms with Gasteiger partial charge in [-0.05, 0) is 89.7 Å². The molecule has 0 aliphatic heterocycles. The van der Waals surface area contributed by atoms with Crippen molar-refractivity contribution in [3.05, 3.63) is 159 Å². The van der Waals surface area contributed by atoms with Crippen LogP contribution in [0.2, 0.25) is 0 Å². The van der Waals surface area contributed by atoms with Gasteiger partial charge < -0.3 is 18.9 Å². The lowest BCUT2D eigenvalue weighted by atomic mass is 10.1. The number of unbranched alkanes of at least 4 members (excludes halogenated alkanes) is 18. The van der Waals surface area contributed by atoms with Crippen molar-refractivity contribution in [1.29, 1.82) is 0 Å². The zero-order valence-electron chi connectivity index (χ0n) is 41.3. The lowest BCUT2D eigenvalue weighted by Crippen LogP contribution is -2.10. The summed E-state index contributed by atoms with van der Waals surface area (Å²) in [6.07, 6.45) is 31.6.